The summed E-state index contributed by atoms with van der Waals surface area (Å²) in [5, 5.41) is 8.77. The number of carboxylic acids is 1. The van der Waals surface area contributed by atoms with Crippen LogP contribution < -0.4 is 11.2 Å². The maximum Gasteiger partial charge on any atom is 0.417 e. The standard InChI is InChI=1S/C18H11Cl2F3N2O4/c19-10-2-3-11-14(6-10)24(8-15(26)27)17(29)25(16(11)28)7-9-1-4-13(20)12(5-9)18(21,22)23/h1-6H,7-8H2,(H,26,27). The molecular weight excluding hydrogens is 436 g/mol. The van der Waals surface area contributed by atoms with Gasteiger partial charge in [0.05, 0.1) is 28.0 Å². The van der Waals surface area contributed by atoms with Gasteiger partial charge in [-0.1, -0.05) is 29.3 Å². The summed E-state index contributed by atoms with van der Waals surface area (Å²) in [6.45, 7) is -1.26. The molecule has 2 aromatic carbocycles. The highest BCUT2D eigenvalue weighted by Crippen LogP contribution is 2.35. The quantitative estimate of drug-likeness (QED) is 0.663. The Bertz CT molecular complexity index is 1250. The van der Waals surface area contributed by atoms with Gasteiger partial charge in [-0.2, -0.15) is 13.2 Å². The molecule has 0 fully saturated rings. The molecule has 29 heavy (non-hydrogen) atoms. The number of alkyl halides is 3. The lowest BCUT2D eigenvalue weighted by molar-refractivity contribution is -0.138. The lowest BCUT2D eigenvalue weighted by atomic mass is 10.1. The molecule has 6 nitrogen and oxygen atoms in total. The van der Waals surface area contributed by atoms with E-state index in [-0.39, 0.29) is 21.5 Å². The third-order valence-electron chi connectivity index (χ3n) is 4.16. The fourth-order valence-electron chi connectivity index (χ4n) is 2.89. The highest BCUT2D eigenvalue weighted by molar-refractivity contribution is 6.31. The fourth-order valence-corrected chi connectivity index (χ4v) is 3.28. The molecule has 0 aliphatic heterocycles. The molecule has 3 aromatic rings. The number of carbonyl (C=O) groups is 1. The molecule has 0 unspecified atom stereocenters. The van der Waals surface area contributed by atoms with Crippen LogP contribution in [0.1, 0.15) is 11.1 Å². The third kappa shape index (κ3) is 4.15. The van der Waals surface area contributed by atoms with E-state index in [2.05, 4.69) is 0 Å². The SMILES string of the molecule is O=C(O)Cn1c(=O)n(Cc2ccc(Cl)c(C(F)(F)F)c2)c(=O)c2ccc(Cl)cc21. The summed E-state index contributed by atoms with van der Waals surface area (Å²) in [4.78, 5) is 36.7. The number of carboxylic acid groups (broad SMARTS) is 1. The van der Waals surface area contributed by atoms with Crippen LogP contribution in [-0.2, 0) is 24.1 Å². The van der Waals surface area contributed by atoms with Crippen molar-refractivity contribution in [1.29, 1.82) is 0 Å². The largest absolute Gasteiger partial charge is 0.480 e. The molecule has 0 aliphatic carbocycles. The Labute approximate surface area is 170 Å². The maximum absolute atomic E-state index is 13.1. The zero-order valence-electron chi connectivity index (χ0n) is 14.3. The number of halogens is 5. The van der Waals surface area contributed by atoms with Crippen LogP contribution in [0.5, 0.6) is 0 Å². The second-order valence-corrected chi connectivity index (χ2v) is 6.97. The average Bonchev–Trinajstić information content (AvgIpc) is 2.62. The predicted octanol–water partition coefficient (Wildman–Crippen LogP) is 3.62. The van der Waals surface area contributed by atoms with Crippen LogP contribution >= 0.6 is 23.2 Å². The smallest absolute Gasteiger partial charge is 0.417 e. The molecule has 152 valence electrons. The summed E-state index contributed by atoms with van der Waals surface area (Å²) < 4.78 is 40.7. The van der Waals surface area contributed by atoms with Gasteiger partial charge in [0.25, 0.3) is 5.56 Å². The molecule has 0 saturated carbocycles. The molecule has 0 spiro atoms. The number of hydrogen-bond acceptors (Lipinski definition) is 3. The number of benzene rings is 2. The number of fused-ring (bicyclic) bond motifs is 1. The molecule has 0 bridgehead atoms. The van der Waals surface area contributed by atoms with Crippen molar-refractivity contribution in [3.63, 3.8) is 0 Å². The summed E-state index contributed by atoms with van der Waals surface area (Å²) in [5.41, 5.74) is -2.88. The molecule has 0 radical (unpaired) electrons. The second-order valence-electron chi connectivity index (χ2n) is 6.13. The Hall–Kier alpha value is -2.78. The van der Waals surface area contributed by atoms with Crippen LogP contribution in [0.4, 0.5) is 13.2 Å². The number of aliphatic carboxylic acids is 1. The minimum Gasteiger partial charge on any atom is -0.480 e. The average molecular weight is 447 g/mol. The fraction of sp³-hybridized carbons (Fsp3) is 0.167. The Morgan fingerprint density at radius 1 is 1.03 bits per heavy atom. The minimum absolute atomic E-state index is 0.000239. The van der Waals surface area contributed by atoms with E-state index in [4.69, 9.17) is 28.3 Å². The Morgan fingerprint density at radius 2 is 1.72 bits per heavy atom. The molecule has 1 heterocycles. The number of aromatic nitrogens is 2. The third-order valence-corrected chi connectivity index (χ3v) is 4.72. The highest BCUT2D eigenvalue weighted by Gasteiger charge is 2.33. The molecule has 11 heteroatoms. The first-order valence-corrected chi connectivity index (χ1v) is 8.75. The zero-order valence-corrected chi connectivity index (χ0v) is 15.8. The summed E-state index contributed by atoms with van der Waals surface area (Å²) >= 11 is 11.5. The van der Waals surface area contributed by atoms with Crippen molar-refractivity contribution in [1.82, 2.24) is 9.13 Å². The van der Waals surface area contributed by atoms with E-state index in [9.17, 15) is 27.6 Å². The van der Waals surface area contributed by atoms with E-state index >= 15 is 0 Å². The summed E-state index contributed by atoms with van der Waals surface area (Å²) in [6.07, 6.45) is -4.72. The lowest BCUT2D eigenvalue weighted by Gasteiger charge is -2.14. The van der Waals surface area contributed by atoms with Gasteiger partial charge in [-0.25, -0.2) is 4.79 Å². The van der Waals surface area contributed by atoms with Crippen molar-refractivity contribution in [2.45, 2.75) is 19.3 Å². The van der Waals surface area contributed by atoms with E-state index in [1.807, 2.05) is 0 Å². The Kier molecular flexibility index (Phi) is 5.46. The van der Waals surface area contributed by atoms with E-state index in [0.29, 0.717) is 4.57 Å². The van der Waals surface area contributed by atoms with E-state index in [1.54, 1.807) is 0 Å². The van der Waals surface area contributed by atoms with Crippen molar-refractivity contribution in [3.8, 4) is 0 Å². The second kappa shape index (κ2) is 7.57. The van der Waals surface area contributed by atoms with Gasteiger partial charge in [-0.05, 0) is 35.9 Å². The number of rotatable bonds is 4. The van der Waals surface area contributed by atoms with Crippen molar-refractivity contribution < 1.29 is 23.1 Å². The van der Waals surface area contributed by atoms with Crippen LogP contribution in [0.2, 0.25) is 10.0 Å². The highest BCUT2D eigenvalue weighted by atomic mass is 35.5. The van der Waals surface area contributed by atoms with E-state index < -0.39 is 47.1 Å². The molecular formula is C18H11Cl2F3N2O4. The number of nitrogens with zero attached hydrogens (tertiary/aromatic N) is 2. The maximum atomic E-state index is 13.1. The first-order chi connectivity index (χ1) is 13.5. The van der Waals surface area contributed by atoms with Gasteiger partial charge in [0.1, 0.15) is 6.54 Å². The molecule has 3 rings (SSSR count). The molecule has 1 N–H and O–H groups in total. The Morgan fingerprint density at radius 3 is 2.34 bits per heavy atom. The van der Waals surface area contributed by atoms with Crippen LogP contribution in [0.15, 0.2) is 46.0 Å². The first-order valence-electron chi connectivity index (χ1n) is 7.99. The number of hydrogen-bond donors (Lipinski definition) is 1. The lowest BCUT2D eigenvalue weighted by Crippen LogP contribution is -2.41. The molecule has 0 aliphatic rings. The molecule has 1 aromatic heterocycles. The molecule has 0 saturated heterocycles. The first kappa shape index (κ1) is 20.9. The van der Waals surface area contributed by atoms with Crippen LogP contribution in [0.3, 0.4) is 0 Å². The van der Waals surface area contributed by atoms with Crippen LogP contribution in [0, 0.1) is 0 Å². The van der Waals surface area contributed by atoms with Gasteiger partial charge in [-0.3, -0.25) is 18.7 Å². The predicted molar refractivity (Wildman–Crippen MR) is 101 cm³/mol. The summed E-state index contributed by atoms with van der Waals surface area (Å²) in [5.74, 6) is -1.34. The van der Waals surface area contributed by atoms with Gasteiger partial charge < -0.3 is 5.11 Å². The summed E-state index contributed by atoms with van der Waals surface area (Å²) in [6, 6.07) is 6.98. The molecule has 0 amide bonds. The monoisotopic (exact) mass is 446 g/mol. The topological polar surface area (TPSA) is 81.3 Å². The van der Waals surface area contributed by atoms with Crippen molar-refractivity contribution >= 4 is 40.1 Å². The van der Waals surface area contributed by atoms with E-state index in [0.717, 1.165) is 16.7 Å². The minimum atomic E-state index is -4.72. The van der Waals surface area contributed by atoms with Crippen molar-refractivity contribution in [2.75, 3.05) is 0 Å². The summed E-state index contributed by atoms with van der Waals surface area (Å²) in [7, 11) is 0. The van der Waals surface area contributed by atoms with Crippen LogP contribution in [-0.4, -0.2) is 20.2 Å². The Balaban J connectivity index is 2.23. The van der Waals surface area contributed by atoms with Crippen LogP contribution in [0.25, 0.3) is 10.9 Å². The van der Waals surface area contributed by atoms with Gasteiger partial charge in [-0.15, -0.1) is 0 Å². The molecule has 0 atom stereocenters. The van der Waals surface area contributed by atoms with Crippen molar-refractivity contribution in [3.05, 3.63) is 78.4 Å². The zero-order chi connectivity index (χ0) is 21.5. The van der Waals surface area contributed by atoms with Crippen molar-refractivity contribution in [2.24, 2.45) is 0 Å². The van der Waals surface area contributed by atoms with E-state index in [1.165, 1.54) is 24.3 Å². The van der Waals surface area contributed by atoms with Gasteiger partial charge in [0.15, 0.2) is 0 Å². The normalized spacial score (nSPS) is 11.8. The van der Waals surface area contributed by atoms with Gasteiger partial charge in [0, 0.05) is 5.02 Å². The van der Waals surface area contributed by atoms with Gasteiger partial charge >= 0.3 is 17.8 Å². The van der Waals surface area contributed by atoms with Gasteiger partial charge in [0.2, 0.25) is 0 Å².